The van der Waals surface area contributed by atoms with Crippen LogP contribution >= 0.6 is 11.8 Å². The summed E-state index contributed by atoms with van der Waals surface area (Å²) in [6.07, 6.45) is 7.74. The first-order valence-electron chi connectivity index (χ1n) is 14.7. The van der Waals surface area contributed by atoms with Crippen LogP contribution < -0.4 is 10.2 Å². The molecule has 0 bridgehead atoms. The van der Waals surface area contributed by atoms with Crippen molar-refractivity contribution in [3.63, 3.8) is 0 Å². The summed E-state index contributed by atoms with van der Waals surface area (Å²) in [4.78, 5) is 44.1. The summed E-state index contributed by atoms with van der Waals surface area (Å²) in [6, 6.07) is 9.36. The Morgan fingerprint density at radius 1 is 0.878 bits per heavy atom. The van der Waals surface area contributed by atoms with Gasteiger partial charge in [-0.15, -0.1) is 11.8 Å². The molecule has 0 spiro atoms. The van der Waals surface area contributed by atoms with Crippen molar-refractivity contribution in [2.45, 2.75) is 68.8 Å². The highest BCUT2D eigenvalue weighted by atomic mass is 32.2. The van der Waals surface area contributed by atoms with Crippen LogP contribution in [0.2, 0.25) is 0 Å². The van der Waals surface area contributed by atoms with Gasteiger partial charge in [0.05, 0.1) is 0 Å². The Morgan fingerprint density at radius 3 is 2.39 bits per heavy atom. The molecule has 0 aromatic heterocycles. The number of hydrogen-bond donors (Lipinski definition) is 1. The first kappa shape index (κ1) is 29.5. The zero-order valence-electron chi connectivity index (χ0n) is 23.4. The van der Waals surface area contributed by atoms with E-state index in [1.165, 1.54) is 44.2 Å². The van der Waals surface area contributed by atoms with Crippen LogP contribution in [0.1, 0.15) is 67.3 Å². The second-order valence-electron chi connectivity index (χ2n) is 11.1. The number of anilines is 1. The fourth-order valence-electron chi connectivity index (χ4n) is 5.93. The largest absolute Gasteiger partial charge is 0.369 e. The third-order valence-corrected chi connectivity index (χ3v) is 9.49. The zero-order valence-corrected chi connectivity index (χ0v) is 24.2. The number of thioether (sulfide) groups is 1. The van der Waals surface area contributed by atoms with E-state index in [4.69, 9.17) is 0 Å². The summed E-state index contributed by atoms with van der Waals surface area (Å²) in [5, 5.41) is 2.36. The SMILES string of the molecule is O=C1CCC(N2Cc3c(SCCCCCCCCN4CCN(c5ccc(F)c(F)c5)CC4)cccc3C2=O)C(=O)N1. The van der Waals surface area contributed by atoms with E-state index in [1.807, 2.05) is 12.1 Å². The van der Waals surface area contributed by atoms with Gasteiger partial charge in [0.2, 0.25) is 11.8 Å². The molecule has 2 aromatic carbocycles. The number of carbonyl (C=O) groups excluding carboxylic acids is 3. The molecule has 2 fully saturated rings. The minimum absolute atomic E-state index is 0.123. The van der Waals surface area contributed by atoms with Gasteiger partial charge in [0.25, 0.3) is 5.91 Å². The number of fused-ring (bicyclic) bond motifs is 1. The molecule has 0 aliphatic carbocycles. The minimum atomic E-state index is -0.803. The molecule has 0 radical (unpaired) electrons. The van der Waals surface area contributed by atoms with Crippen LogP contribution in [0.25, 0.3) is 0 Å². The maximum Gasteiger partial charge on any atom is 0.255 e. The van der Waals surface area contributed by atoms with E-state index in [0.717, 1.165) is 61.0 Å². The van der Waals surface area contributed by atoms with Crippen LogP contribution in [-0.2, 0) is 16.1 Å². The van der Waals surface area contributed by atoms with E-state index in [0.29, 0.717) is 18.5 Å². The van der Waals surface area contributed by atoms with E-state index >= 15 is 0 Å². The molecular formula is C31H38F2N4O3S. The molecule has 10 heteroatoms. The second kappa shape index (κ2) is 13.8. The predicted molar refractivity (Wildman–Crippen MR) is 156 cm³/mol. The Kier molecular flexibility index (Phi) is 9.92. The van der Waals surface area contributed by atoms with Gasteiger partial charge in [-0.3, -0.25) is 24.6 Å². The van der Waals surface area contributed by atoms with Crippen molar-refractivity contribution in [1.29, 1.82) is 0 Å². The minimum Gasteiger partial charge on any atom is -0.369 e. The van der Waals surface area contributed by atoms with Crippen LogP contribution in [0.4, 0.5) is 14.5 Å². The number of amides is 3. The normalized spacial score (nSPS) is 19.6. The molecule has 1 unspecified atom stereocenters. The van der Waals surface area contributed by atoms with E-state index in [2.05, 4.69) is 21.2 Å². The smallest absolute Gasteiger partial charge is 0.255 e. The molecule has 0 saturated carbocycles. The van der Waals surface area contributed by atoms with E-state index in [-0.39, 0.29) is 24.1 Å². The number of piperazine rings is 1. The lowest BCUT2D eigenvalue weighted by atomic mass is 10.0. The maximum absolute atomic E-state index is 13.5. The van der Waals surface area contributed by atoms with Crippen molar-refractivity contribution in [1.82, 2.24) is 15.1 Å². The molecule has 1 N–H and O–H groups in total. The van der Waals surface area contributed by atoms with Crippen LogP contribution in [0, 0.1) is 11.6 Å². The molecule has 41 heavy (non-hydrogen) atoms. The number of benzene rings is 2. The Bertz CT molecular complexity index is 1270. The molecule has 3 heterocycles. The van der Waals surface area contributed by atoms with Crippen molar-refractivity contribution in [3.8, 4) is 0 Å². The highest BCUT2D eigenvalue weighted by molar-refractivity contribution is 7.99. The summed E-state index contributed by atoms with van der Waals surface area (Å²) < 4.78 is 26.7. The molecule has 3 aliphatic heterocycles. The van der Waals surface area contributed by atoms with Crippen LogP contribution in [0.3, 0.4) is 0 Å². The lowest BCUT2D eigenvalue weighted by Gasteiger charge is -2.36. The second-order valence-corrected chi connectivity index (χ2v) is 12.2. The zero-order chi connectivity index (χ0) is 28.8. The highest BCUT2D eigenvalue weighted by Gasteiger charge is 2.39. The van der Waals surface area contributed by atoms with E-state index in [1.54, 1.807) is 22.7 Å². The number of unbranched alkanes of at least 4 members (excludes halogenated alkanes) is 5. The quantitative estimate of drug-likeness (QED) is 0.216. The molecule has 5 rings (SSSR count). The first-order valence-corrected chi connectivity index (χ1v) is 15.7. The van der Waals surface area contributed by atoms with Gasteiger partial charge < -0.3 is 9.80 Å². The first-order chi connectivity index (χ1) is 19.9. The fourth-order valence-corrected chi connectivity index (χ4v) is 7.02. The van der Waals surface area contributed by atoms with Crippen LogP contribution in [0.5, 0.6) is 0 Å². The number of halogens is 2. The van der Waals surface area contributed by atoms with Crippen molar-refractivity contribution in [2.24, 2.45) is 0 Å². The van der Waals surface area contributed by atoms with Crippen molar-refractivity contribution >= 4 is 35.2 Å². The highest BCUT2D eigenvalue weighted by Crippen LogP contribution is 2.34. The molecule has 1 atom stereocenters. The third-order valence-electron chi connectivity index (χ3n) is 8.31. The number of piperidine rings is 1. The predicted octanol–water partition coefficient (Wildman–Crippen LogP) is 4.98. The number of imide groups is 1. The van der Waals surface area contributed by atoms with Gasteiger partial charge in [0.1, 0.15) is 6.04 Å². The number of hydrogen-bond acceptors (Lipinski definition) is 6. The summed E-state index contributed by atoms with van der Waals surface area (Å²) in [6.45, 7) is 5.04. The molecule has 7 nitrogen and oxygen atoms in total. The van der Waals surface area contributed by atoms with Gasteiger partial charge in [-0.25, -0.2) is 8.78 Å². The van der Waals surface area contributed by atoms with Crippen molar-refractivity contribution in [2.75, 3.05) is 43.4 Å². The lowest BCUT2D eigenvalue weighted by molar-refractivity contribution is -0.136. The molecule has 3 amide bonds. The Hall–Kier alpha value is -2.98. The molecule has 220 valence electrons. The molecular weight excluding hydrogens is 546 g/mol. The van der Waals surface area contributed by atoms with Gasteiger partial charge in [-0.05, 0) is 61.4 Å². The standard InChI is InChI=1S/C31H38F2N4O3S/c32-25-11-10-22(20-26(25)33)36-17-15-35(16-18-36)14-5-3-1-2-4-6-19-41-28-9-7-8-23-24(28)21-37(31(23)40)27-12-13-29(38)34-30(27)39/h7-11,20,27H,1-6,12-19,21H2,(H,34,38,39). The van der Waals surface area contributed by atoms with Crippen molar-refractivity contribution < 1.29 is 23.2 Å². The molecule has 3 aliphatic rings. The Labute approximate surface area is 244 Å². The molecule has 2 aromatic rings. The topological polar surface area (TPSA) is 73.0 Å². The van der Waals surface area contributed by atoms with E-state index < -0.39 is 17.7 Å². The Morgan fingerprint density at radius 2 is 1.63 bits per heavy atom. The fraction of sp³-hybridized carbons (Fsp3) is 0.516. The number of carbonyl (C=O) groups is 3. The Balaban J connectivity index is 0.944. The van der Waals surface area contributed by atoms with Gasteiger partial charge in [0.15, 0.2) is 11.6 Å². The number of nitrogens with one attached hydrogen (secondary N) is 1. The van der Waals surface area contributed by atoms with Crippen LogP contribution in [0.15, 0.2) is 41.3 Å². The van der Waals surface area contributed by atoms with Gasteiger partial charge in [-0.1, -0.05) is 31.7 Å². The number of rotatable bonds is 12. The van der Waals surface area contributed by atoms with E-state index in [9.17, 15) is 23.2 Å². The third kappa shape index (κ3) is 7.27. The summed E-state index contributed by atoms with van der Waals surface area (Å²) >= 11 is 1.78. The van der Waals surface area contributed by atoms with Crippen LogP contribution in [-0.4, -0.2) is 72.0 Å². The average Bonchev–Trinajstić information content (AvgIpc) is 3.30. The summed E-state index contributed by atoms with van der Waals surface area (Å²) in [5.41, 5.74) is 2.42. The number of nitrogens with zero attached hydrogens (tertiary/aromatic N) is 3. The maximum atomic E-state index is 13.5. The lowest BCUT2D eigenvalue weighted by Crippen LogP contribution is -2.52. The van der Waals surface area contributed by atoms with Crippen molar-refractivity contribution in [3.05, 3.63) is 59.2 Å². The monoisotopic (exact) mass is 584 g/mol. The van der Waals surface area contributed by atoms with Gasteiger partial charge in [-0.2, -0.15) is 0 Å². The molecule has 2 saturated heterocycles. The van der Waals surface area contributed by atoms with Gasteiger partial charge >= 0.3 is 0 Å². The summed E-state index contributed by atoms with van der Waals surface area (Å²) in [5.74, 6) is -1.37. The van der Waals surface area contributed by atoms with Gasteiger partial charge in [0, 0.05) is 61.4 Å². The summed E-state index contributed by atoms with van der Waals surface area (Å²) in [7, 11) is 0. The average molecular weight is 585 g/mol.